The Morgan fingerprint density at radius 1 is 1.29 bits per heavy atom. The van der Waals surface area contributed by atoms with E-state index in [-0.39, 0.29) is 28.7 Å². The van der Waals surface area contributed by atoms with Gasteiger partial charge in [-0.1, -0.05) is 0 Å². The molecule has 7 heteroatoms. The summed E-state index contributed by atoms with van der Waals surface area (Å²) in [4.78, 5) is 0. The minimum absolute atomic E-state index is 0.0202. The maximum absolute atomic E-state index is 13.2. The van der Waals surface area contributed by atoms with Gasteiger partial charge in [-0.2, -0.15) is 13.2 Å². The maximum Gasteiger partial charge on any atom is 0.411 e. The van der Waals surface area contributed by atoms with Crippen LogP contribution in [0.5, 0.6) is 0 Å². The molecule has 0 spiro atoms. The summed E-state index contributed by atoms with van der Waals surface area (Å²) >= 11 is 2.91. The summed E-state index contributed by atoms with van der Waals surface area (Å²) in [6.07, 6.45) is -4.40. The Kier molecular flexibility index (Phi) is 2.76. The predicted octanol–water partition coefficient (Wildman–Crippen LogP) is 3.68. The van der Waals surface area contributed by atoms with E-state index in [1.165, 1.54) is 6.07 Å². The number of hydrogen-bond donors (Lipinski definition) is 2. The van der Waals surface area contributed by atoms with E-state index in [1.807, 2.05) is 0 Å². The Bertz CT molecular complexity index is 454. The molecule has 2 nitrogen and oxygen atoms in total. The van der Waals surface area contributed by atoms with Crippen molar-refractivity contribution < 1.29 is 17.6 Å². The van der Waals surface area contributed by atoms with Crippen molar-refractivity contribution in [2.24, 2.45) is 0 Å². The van der Waals surface area contributed by atoms with Crippen molar-refractivity contribution in [1.82, 2.24) is 0 Å². The van der Waals surface area contributed by atoms with Crippen LogP contribution in [0.2, 0.25) is 0 Å². The van der Waals surface area contributed by atoms with Gasteiger partial charge in [0.15, 0.2) is 0 Å². The smallest absolute Gasteiger partial charge is 0.397 e. The van der Waals surface area contributed by atoms with Crippen molar-refractivity contribution in [3.63, 3.8) is 0 Å². The van der Waals surface area contributed by atoms with E-state index < -0.39 is 17.5 Å². The zero-order valence-corrected chi connectivity index (χ0v) is 10.1. The topological polar surface area (TPSA) is 38.0 Å². The third kappa shape index (κ3) is 2.20. The molecule has 94 valence electrons. The van der Waals surface area contributed by atoms with E-state index in [4.69, 9.17) is 5.73 Å². The first kappa shape index (κ1) is 12.5. The lowest BCUT2D eigenvalue weighted by Crippen LogP contribution is -2.38. The lowest BCUT2D eigenvalue weighted by atomic mass is 10.2. The molecule has 0 unspecified atom stereocenters. The number of rotatable bonds is 2. The highest BCUT2D eigenvalue weighted by Gasteiger charge is 2.63. The van der Waals surface area contributed by atoms with Gasteiger partial charge in [-0.3, -0.25) is 0 Å². The molecule has 1 fully saturated rings. The summed E-state index contributed by atoms with van der Waals surface area (Å²) in [6.45, 7) is 0. The largest absolute Gasteiger partial charge is 0.411 e. The van der Waals surface area contributed by atoms with Gasteiger partial charge in [0.1, 0.15) is 11.4 Å². The first-order valence-corrected chi connectivity index (χ1v) is 5.64. The quantitative estimate of drug-likeness (QED) is 0.646. The highest BCUT2D eigenvalue weighted by atomic mass is 79.9. The first-order chi connectivity index (χ1) is 7.75. The fraction of sp³-hybridized carbons (Fsp3) is 0.400. The molecule has 1 saturated carbocycles. The molecule has 0 radical (unpaired) electrons. The molecule has 17 heavy (non-hydrogen) atoms. The van der Waals surface area contributed by atoms with Crippen LogP contribution in [0.25, 0.3) is 0 Å². The molecule has 0 saturated heterocycles. The summed E-state index contributed by atoms with van der Waals surface area (Å²) in [6, 6.07) is 2.20. The second kappa shape index (κ2) is 3.76. The van der Waals surface area contributed by atoms with Gasteiger partial charge in [0.25, 0.3) is 0 Å². The molecule has 1 aliphatic rings. The molecule has 0 heterocycles. The lowest BCUT2D eigenvalue weighted by Gasteiger charge is -2.23. The van der Waals surface area contributed by atoms with E-state index in [1.54, 1.807) is 0 Å². The number of hydrogen-bond acceptors (Lipinski definition) is 2. The SMILES string of the molecule is Nc1cc(Br)c(F)cc1NC1(C(F)(F)F)CC1. The van der Waals surface area contributed by atoms with Gasteiger partial charge in [-0.25, -0.2) is 4.39 Å². The van der Waals surface area contributed by atoms with Crippen LogP contribution in [-0.4, -0.2) is 11.7 Å². The number of anilines is 2. The number of nitrogen functional groups attached to an aromatic ring is 1. The number of benzene rings is 1. The van der Waals surface area contributed by atoms with Gasteiger partial charge < -0.3 is 11.1 Å². The highest BCUT2D eigenvalue weighted by Crippen LogP contribution is 2.51. The average molecular weight is 313 g/mol. The van der Waals surface area contributed by atoms with Crippen LogP contribution < -0.4 is 11.1 Å². The Morgan fingerprint density at radius 2 is 1.88 bits per heavy atom. The third-order valence-corrected chi connectivity index (χ3v) is 3.37. The standard InChI is InChI=1S/C10H9BrF4N2/c11-5-3-7(16)8(4-6(5)12)17-9(1-2-9)10(13,14)15/h3-4,17H,1-2,16H2. The zero-order valence-electron chi connectivity index (χ0n) is 8.54. The number of alkyl halides is 3. The summed E-state index contributed by atoms with van der Waals surface area (Å²) in [5.41, 5.74) is 3.65. The molecule has 0 aliphatic heterocycles. The normalized spacial score (nSPS) is 17.9. The predicted molar refractivity (Wildman–Crippen MR) is 60.2 cm³/mol. The Labute approximate surface area is 103 Å². The van der Waals surface area contributed by atoms with E-state index in [9.17, 15) is 17.6 Å². The minimum atomic E-state index is -4.36. The fourth-order valence-electron chi connectivity index (χ4n) is 1.53. The third-order valence-electron chi connectivity index (χ3n) is 2.76. The van der Waals surface area contributed by atoms with Crippen molar-refractivity contribution in [3.8, 4) is 0 Å². The van der Waals surface area contributed by atoms with Crippen LogP contribution in [0, 0.1) is 5.82 Å². The van der Waals surface area contributed by atoms with Gasteiger partial charge >= 0.3 is 6.18 Å². The molecule has 1 aromatic rings. The van der Waals surface area contributed by atoms with E-state index in [0.29, 0.717) is 0 Å². The van der Waals surface area contributed by atoms with Crippen LogP contribution in [0.15, 0.2) is 16.6 Å². The van der Waals surface area contributed by atoms with E-state index >= 15 is 0 Å². The van der Waals surface area contributed by atoms with Crippen molar-refractivity contribution >= 4 is 27.3 Å². The molecule has 0 bridgehead atoms. The van der Waals surface area contributed by atoms with Crippen LogP contribution in [0.3, 0.4) is 0 Å². The van der Waals surface area contributed by atoms with Gasteiger partial charge in [0.05, 0.1) is 15.8 Å². The molecule has 1 aromatic carbocycles. The minimum Gasteiger partial charge on any atom is -0.397 e. The molecular formula is C10H9BrF4N2. The van der Waals surface area contributed by atoms with Gasteiger partial charge in [0.2, 0.25) is 0 Å². The van der Waals surface area contributed by atoms with Crippen LogP contribution >= 0.6 is 15.9 Å². The Morgan fingerprint density at radius 3 is 2.35 bits per heavy atom. The van der Waals surface area contributed by atoms with Gasteiger partial charge in [-0.15, -0.1) is 0 Å². The molecule has 3 N–H and O–H groups in total. The second-order valence-corrected chi connectivity index (χ2v) is 4.91. The van der Waals surface area contributed by atoms with Crippen molar-refractivity contribution in [2.75, 3.05) is 11.1 Å². The van der Waals surface area contributed by atoms with E-state index in [2.05, 4.69) is 21.2 Å². The van der Waals surface area contributed by atoms with Crippen molar-refractivity contribution in [1.29, 1.82) is 0 Å². The van der Waals surface area contributed by atoms with Crippen molar-refractivity contribution in [2.45, 2.75) is 24.6 Å². The van der Waals surface area contributed by atoms with Crippen LogP contribution in [0.1, 0.15) is 12.8 Å². The monoisotopic (exact) mass is 312 g/mol. The summed E-state index contributed by atoms with van der Waals surface area (Å²) in [5, 5.41) is 2.29. The summed E-state index contributed by atoms with van der Waals surface area (Å²) in [5.74, 6) is -0.653. The number of nitrogens with one attached hydrogen (secondary N) is 1. The van der Waals surface area contributed by atoms with Crippen molar-refractivity contribution in [3.05, 3.63) is 22.4 Å². The molecular weight excluding hydrogens is 304 g/mol. The van der Waals surface area contributed by atoms with Gasteiger partial charge in [0, 0.05) is 6.07 Å². The molecule has 0 amide bonds. The molecule has 0 atom stereocenters. The van der Waals surface area contributed by atoms with Crippen LogP contribution in [0.4, 0.5) is 28.9 Å². The first-order valence-electron chi connectivity index (χ1n) is 4.85. The molecule has 0 aromatic heterocycles. The fourth-order valence-corrected chi connectivity index (χ4v) is 1.89. The molecule has 2 rings (SSSR count). The zero-order chi connectivity index (χ0) is 12.8. The maximum atomic E-state index is 13.2. The number of halogens is 5. The lowest BCUT2D eigenvalue weighted by molar-refractivity contribution is -0.151. The molecule has 1 aliphatic carbocycles. The summed E-state index contributed by atoms with van der Waals surface area (Å²) < 4.78 is 51.4. The number of nitrogens with two attached hydrogens (primary N) is 1. The Balaban J connectivity index is 2.29. The average Bonchev–Trinajstić information content (AvgIpc) is 2.94. The summed E-state index contributed by atoms with van der Waals surface area (Å²) in [7, 11) is 0. The Hall–Kier alpha value is -0.980. The van der Waals surface area contributed by atoms with Crippen LogP contribution in [-0.2, 0) is 0 Å². The van der Waals surface area contributed by atoms with E-state index in [0.717, 1.165) is 6.07 Å². The highest BCUT2D eigenvalue weighted by molar-refractivity contribution is 9.10. The second-order valence-electron chi connectivity index (χ2n) is 4.06. The van der Waals surface area contributed by atoms with Gasteiger partial charge in [-0.05, 0) is 34.8 Å².